The minimum absolute atomic E-state index is 0.0237. The number of nitrogens with zero attached hydrogens (tertiary/aromatic N) is 5. The molecule has 1 amide bonds. The van der Waals surface area contributed by atoms with E-state index in [2.05, 4.69) is 16.0 Å². The molecule has 2 aliphatic rings. The first-order valence-corrected chi connectivity index (χ1v) is 13.1. The molecule has 4 heterocycles. The Morgan fingerprint density at radius 1 is 1.16 bits per heavy atom. The summed E-state index contributed by atoms with van der Waals surface area (Å²) >= 11 is 1.27. The fourth-order valence-electron chi connectivity index (χ4n) is 4.38. The van der Waals surface area contributed by atoms with Crippen LogP contribution in [0.4, 0.5) is 5.82 Å². The number of piperidine rings is 1. The average Bonchev–Trinajstić information content (AvgIpc) is 3.12. The van der Waals surface area contributed by atoms with E-state index in [-0.39, 0.29) is 18.4 Å². The van der Waals surface area contributed by atoms with Gasteiger partial charge in [0.05, 0.1) is 11.5 Å². The van der Waals surface area contributed by atoms with E-state index in [1.807, 2.05) is 17.9 Å². The highest BCUT2D eigenvalue weighted by atomic mass is 32.2. The minimum atomic E-state index is -3.56. The SMILES string of the molecule is Cc1ccc(S(=O)(=O)N2CCCC(C(=O)N3CCCN(c4ncccc4C#N)CC3)C2)s1. The Kier molecular flexibility index (Phi) is 6.79. The summed E-state index contributed by atoms with van der Waals surface area (Å²) in [7, 11) is -3.56. The van der Waals surface area contributed by atoms with Gasteiger partial charge in [-0.05, 0) is 50.5 Å². The maximum absolute atomic E-state index is 13.3. The third-order valence-electron chi connectivity index (χ3n) is 6.06. The van der Waals surface area contributed by atoms with Crippen molar-refractivity contribution in [2.45, 2.75) is 30.4 Å². The van der Waals surface area contributed by atoms with E-state index in [1.54, 1.807) is 24.4 Å². The summed E-state index contributed by atoms with van der Waals surface area (Å²) in [4.78, 5) is 22.5. The molecule has 0 aliphatic carbocycles. The quantitative estimate of drug-likeness (QED) is 0.677. The normalized spacial score (nSPS) is 20.6. The van der Waals surface area contributed by atoms with Crippen LogP contribution in [0.15, 0.2) is 34.7 Å². The maximum Gasteiger partial charge on any atom is 0.252 e. The zero-order valence-corrected chi connectivity index (χ0v) is 19.7. The van der Waals surface area contributed by atoms with E-state index in [0.717, 1.165) is 17.8 Å². The van der Waals surface area contributed by atoms with Crippen LogP contribution in [0, 0.1) is 24.2 Å². The fourth-order valence-corrected chi connectivity index (χ4v) is 7.35. The van der Waals surface area contributed by atoms with Gasteiger partial charge < -0.3 is 9.80 Å². The first-order chi connectivity index (χ1) is 15.4. The minimum Gasteiger partial charge on any atom is -0.354 e. The van der Waals surface area contributed by atoms with Gasteiger partial charge in [-0.1, -0.05) is 0 Å². The molecule has 2 saturated heterocycles. The van der Waals surface area contributed by atoms with Gasteiger partial charge >= 0.3 is 0 Å². The molecule has 0 N–H and O–H groups in total. The molecule has 1 unspecified atom stereocenters. The molecule has 0 saturated carbocycles. The van der Waals surface area contributed by atoms with Crippen molar-refractivity contribution in [3.8, 4) is 6.07 Å². The van der Waals surface area contributed by atoms with Crippen LogP contribution in [-0.4, -0.2) is 67.8 Å². The molecule has 2 aliphatic heterocycles. The number of hydrogen-bond donors (Lipinski definition) is 0. The molecular weight excluding hydrogens is 446 g/mol. The number of nitriles is 1. The van der Waals surface area contributed by atoms with Crippen molar-refractivity contribution >= 4 is 33.1 Å². The molecule has 32 heavy (non-hydrogen) atoms. The summed E-state index contributed by atoms with van der Waals surface area (Å²) in [5.74, 6) is 0.358. The summed E-state index contributed by atoms with van der Waals surface area (Å²) in [6, 6.07) is 9.15. The van der Waals surface area contributed by atoms with E-state index in [0.29, 0.717) is 54.6 Å². The van der Waals surface area contributed by atoms with Gasteiger partial charge in [-0.2, -0.15) is 9.57 Å². The number of anilines is 1. The van der Waals surface area contributed by atoms with Crippen molar-refractivity contribution < 1.29 is 13.2 Å². The predicted octanol–water partition coefficient (Wildman–Crippen LogP) is 2.46. The number of aromatic nitrogens is 1. The number of pyridine rings is 1. The average molecular weight is 474 g/mol. The molecule has 0 aromatic carbocycles. The lowest BCUT2D eigenvalue weighted by atomic mass is 9.98. The molecule has 0 spiro atoms. The molecule has 2 aromatic rings. The maximum atomic E-state index is 13.3. The van der Waals surface area contributed by atoms with Crippen LogP contribution < -0.4 is 4.90 Å². The number of rotatable bonds is 4. The monoisotopic (exact) mass is 473 g/mol. The highest BCUT2D eigenvalue weighted by molar-refractivity contribution is 7.91. The Balaban J connectivity index is 1.42. The number of carbonyl (C=O) groups is 1. The third-order valence-corrected chi connectivity index (χ3v) is 9.39. The molecule has 2 fully saturated rings. The van der Waals surface area contributed by atoms with Crippen LogP contribution in [0.1, 0.15) is 29.7 Å². The second-order valence-corrected chi connectivity index (χ2v) is 11.7. The molecule has 170 valence electrons. The largest absolute Gasteiger partial charge is 0.354 e. The Morgan fingerprint density at radius 3 is 2.75 bits per heavy atom. The summed E-state index contributed by atoms with van der Waals surface area (Å²) in [5.41, 5.74) is 0.532. The van der Waals surface area contributed by atoms with Crippen molar-refractivity contribution in [1.29, 1.82) is 5.26 Å². The van der Waals surface area contributed by atoms with E-state index in [1.165, 1.54) is 15.6 Å². The number of aryl methyl sites for hydroxylation is 1. The van der Waals surface area contributed by atoms with E-state index in [4.69, 9.17) is 0 Å². The molecule has 0 bridgehead atoms. The number of carbonyl (C=O) groups excluding carboxylic acids is 1. The van der Waals surface area contributed by atoms with Crippen molar-refractivity contribution in [1.82, 2.24) is 14.2 Å². The predicted molar refractivity (Wildman–Crippen MR) is 123 cm³/mol. The standard InChI is InChI=1S/C22H27N5O3S2/c1-17-7-8-20(31-17)32(29,30)27-12-3-6-19(16-27)22(28)26-11-4-10-25(13-14-26)21-18(15-23)5-2-9-24-21/h2,5,7-9,19H,3-4,6,10-14,16H2,1H3. The first-order valence-electron chi connectivity index (χ1n) is 10.9. The van der Waals surface area contributed by atoms with Crippen LogP contribution in [0.2, 0.25) is 0 Å². The van der Waals surface area contributed by atoms with Gasteiger partial charge in [-0.15, -0.1) is 11.3 Å². The first kappa shape index (κ1) is 22.7. The second-order valence-electron chi connectivity index (χ2n) is 8.22. The Morgan fingerprint density at radius 2 is 2.00 bits per heavy atom. The van der Waals surface area contributed by atoms with Crippen LogP contribution >= 0.6 is 11.3 Å². The number of amides is 1. The van der Waals surface area contributed by atoms with E-state index >= 15 is 0 Å². The number of thiophene rings is 1. The van der Waals surface area contributed by atoms with Gasteiger partial charge in [0, 0.05) is 50.3 Å². The van der Waals surface area contributed by atoms with Crippen LogP contribution in [0.3, 0.4) is 0 Å². The lowest BCUT2D eigenvalue weighted by Crippen LogP contribution is -2.47. The number of sulfonamides is 1. The van der Waals surface area contributed by atoms with Gasteiger partial charge in [0.25, 0.3) is 10.0 Å². The lowest BCUT2D eigenvalue weighted by Gasteiger charge is -2.33. The smallest absolute Gasteiger partial charge is 0.252 e. The van der Waals surface area contributed by atoms with Gasteiger partial charge in [-0.25, -0.2) is 13.4 Å². The third kappa shape index (κ3) is 4.65. The molecular formula is C22H27N5O3S2. The fraction of sp³-hybridized carbons (Fsp3) is 0.500. The van der Waals surface area contributed by atoms with E-state index in [9.17, 15) is 18.5 Å². The zero-order valence-electron chi connectivity index (χ0n) is 18.1. The van der Waals surface area contributed by atoms with Crippen molar-refractivity contribution in [3.63, 3.8) is 0 Å². The van der Waals surface area contributed by atoms with Crippen molar-refractivity contribution in [3.05, 3.63) is 40.9 Å². The highest BCUT2D eigenvalue weighted by Gasteiger charge is 2.36. The van der Waals surface area contributed by atoms with Crippen molar-refractivity contribution in [2.75, 3.05) is 44.2 Å². The molecule has 1 atom stereocenters. The Hall–Kier alpha value is -2.48. The van der Waals surface area contributed by atoms with Crippen LogP contribution in [0.25, 0.3) is 0 Å². The van der Waals surface area contributed by atoms with Crippen LogP contribution in [0.5, 0.6) is 0 Å². The highest BCUT2D eigenvalue weighted by Crippen LogP contribution is 2.29. The topological polar surface area (TPSA) is 97.6 Å². The molecule has 10 heteroatoms. The molecule has 4 rings (SSSR count). The van der Waals surface area contributed by atoms with Gasteiger partial charge in [-0.3, -0.25) is 4.79 Å². The molecule has 8 nitrogen and oxygen atoms in total. The van der Waals surface area contributed by atoms with Gasteiger partial charge in [0.2, 0.25) is 5.91 Å². The Bertz CT molecular complexity index is 1120. The summed E-state index contributed by atoms with van der Waals surface area (Å²) in [6.45, 7) is 5.05. The zero-order chi connectivity index (χ0) is 22.7. The Labute approximate surface area is 193 Å². The van der Waals surface area contributed by atoms with Crippen LogP contribution in [-0.2, 0) is 14.8 Å². The van der Waals surface area contributed by atoms with E-state index < -0.39 is 10.0 Å². The molecule has 0 radical (unpaired) electrons. The lowest BCUT2D eigenvalue weighted by molar-refractivity contribution is -0.136. The molecule has 2 aromatic heterocycles. The summed E-state index contributed by atoms with van der Waals surface area (Å²) in [6.07, 6.45) is 3.83. The van der Waals surface area contributed by atoms with Gasteiger partial charge in [0.15, 0.2) is 0 Å². The van der Waals surface area contributed by atoms with Crippen molar-refractivity contribution in [2.24, 2.45) is 5.92 Å². The summed E-state index contributed by atoms with van der Waals surface area (Å²) < 4.78 is 27.9. The van der Waals surface area contributed by atoms with Gasteiger partial charge in [0.1, 0.15) is 16.1 Å². The summed E-state index contributed by atoms with van der Waals surface area (Å²) in [5, 5.41) is 9.37. The second kappa shape index (κ2) is 9.57. The number of hydrogen-bond acceptors (Lipinski definition) is 7.